The Morgan fingerprint density at radius 2 is 1.74 bits per heavy atom. The van der Waals surface area contributed by atoms with E-state index in [9.17, 15) is 9.59 Å². The standard InChI is InChI=1S/C24H27N3O3S/c1-3-26-12-14-27(15-13-26)19-10-8-18(9-11-19)25-22(28)16-30-24(29)23-17(2)20-6-4-5-7-21(20)31-23/h4-11H,3,12-16H2,1-2H3,(H,25,28). The lowest BCUT2D eigenvalue weighted by Crippen LogP contribution is -2.46. The second-order valence-electron chi connectivity index (χ2n) is 7.64. The van der Waals surface area contributed by atoms with Crippen LogP contribution in [0.15, 0.2) is 48.5 Å². The summed E-state index contributed by atoms with van der Waals surface area (Å²) in [5.74, 6) is -0.813. The van der Waals surface area contributed by atoms with Gasteiger partial charge in [0, 0.05) is 42.3 Å². The van der Waals surface area contributed by atoms with Gasteiger partial charge in [0.15, 0.2) is 6.61 Å². The van der Waals surface area contributed by atoms with E-state index >= 15 is 0 Å². The summed E-state index contributed by atoms with van der Waals surface area (Å²) in [4.78, 5) is 30.1. The molecular formula is C24H27N3O3S. The van der Waals surface area contributed by atoms with Gasteiger partial charge in [-0.1, -0.05) is 25.1 Å². The van der Waals surface area contributed by atoms with E-state index in [2.05, 4.69) is 22.0 Å². The van der Waals surface area contributed by atoms with Crippen molar-refractivity contribution in [2.24, 2.45) is 0 Å². The van der Waals surface area contributed by atoms with E-state index in [1.807, 2.05) is 55.5 Å². The van der Waals surface area contributed by atoms with E-state index in [4.69, 9.17) is 4.74 Å². The van der Waals surface area contributed by atoms with Crippen LogP contribution < -0.4 is 10.2 Å². The van der Waals surface area contributed by atoms with Crippen molar-refractivity contribution in [1.29, 1.82) is 0 Å². The number of hydrogen-bond acceptors (Lipinski definition) is 6. The minimum Gasteiger partial charge on any atom is -0.451 e. The normalized spacial score (nSPS) is 14.6. The van der Waals surface area contributed by atoms with Gasteiger partial charge in [0.25, 0.3) is 5.91 Å². The third kappa shape index (κ3) is 4.89. The SMILES string of the molecule is CCN1CCN(c2ccc(NC(=O)COC(=O)c3sc4ccccc4c3C)cc2)CC1. The summed E-state index contributed by atoms with van der Waals surface area (Å²) < 4.78 is 6.29. The van der Waals surface area contributed by atoms with Crippen LogP contribution in [0.4, 0.5) is 11.4 Å². The molecule has 1 aliphatic heterocycles. The van der Waals surface area contributed by atoms with Crippen molar-refractivity contribution in [3.63, 3.8) is 0 Å². The van der Waals surface area contributed by atoms with E-state index < -0.39 is 5.97 Å². The summed E-state index contributed by atoms with van der Waals surface area (Å²) in [6.07, 6.45) is 0. The van der Waals surface area contributed by atoms with E-state index in [0.717, 1.165) is 54.1 Å². The van der Waals surface area contributed by atoms with Crippen LogP contribution in [0.25, 0.3) is 10.1 Å². The molecule has 0 radical (unpaired) electrons. The predicted octanol–water partition coefficient (Wildman–Crippen LogP) is 4.15. The van der Waals surface area contributed by atoms with Crippen molar-refractivity contribution in [3.8, 4) is 0 Å². The Hall–Kier alpha value is -2.90. The van der Waals surface area contributed by atoms with Crippen LogP contribution in [-0.4, -0.2) is 56.1 Å². The van der Waals surface area contributed by atoms with Gasteiger partial charge in [0.1, 0.15) is 4.88 Å². The molecule has 6 nitrogen and oxygen atoms in total. The average molecular weight is 438 g/mol. The van der Waals surface area contributed by atoms with Crippen molar-refractivity contribution in [2.75, 3.05) is 49.5 Å². The fourth-order valence-corrected chi connectivity index (χ4v) is 4.94. The van der Waals surface area contributed by atoms with Crippen LogP contribution in [-0.2, 0) is 9.53 Å². The minimum absolute atomic E-state index is 0.312. The molecule has 1 N–H and O–H groups in total. The molecule has 0 spiro atoms. The number of hydrogen-bond donors (Lipinski definition) is 1. The molecule has 1 fully saturated rings. The molecule has 3 aromatic rings. The highest BCUT2D eigenvalue weighted by atomic mass is 32.1. The monoisotopic (exact) mass is 437 g/mol. The molecule has 0 atom stereocenters. The predicted molar refractivity (Wildman–Crippen MR) is 126 cm³/mol. The fraction of sp³-hybridized carbons (Fsp3) is 0.333. The Kier molecular flexibility index (Phi) is 6.53. The number of likely N-dealkylation sites (N-methyl/N-ethyl adjacent to an activating group) is 1. The number of carbonyl (C=O) groups is 2. The van der Waals surface area contributed by atoms with Gasteiger partial charge in [0.2, 0.25) is 0 Å². The molecule has 0 unspecified atom stereocenters. The zero-order chi connectivity index (χ0) is 21.8. The molecule has 2 aromatic carbocycles. The molecule has 7 heteroatoms. The van der Waals surface area contributed by atoms with Crippen molar-refractivity contribution in [3.05, 3.63) is 59.0 Å². The molecule has 1 amide bonds. The number of fused-ring (bicyclic) bond motifs is 1. The zero-order valence-corrected chi connectivity index (χ0v) is 18.7. The third-order valence-corrected chi connectivity index (χ3v) is 6.95. The highest BCUT2D eigenvalue weighted by Gasteiger charge is 2.18. The summed E-state index contributed by atoms with van der Waals surface area (Å²) in [5, 5.41) is 3.84. The molecular weight excluding hydrogens is 410 g/mol. The topological polar surface area (TPSA) is 61.9 Å². The van der Waals surface area contributed by atoms with Gasteiger partial charge in [-0.25, -0.2) is 4.79 Å². The lowest BCUT2D eigenvalue weighted by Gasteiger charge is -2.35. The summed E-state index contributed by atoms with van der Waals surface area (Å²) >= 11 is 1.39. The molecule has 0 bridgehead atoms. The number of aryl methyl sites for hydroxylation is 1. The number of nitrogens with zero attached hydrogens (tertiary/aromatic N) is 2. The van der Waals surface area contributed by atoms with Crippen molar-refractivity contribution < 1.29 is 14.3 Å². The third-order valence-electron chi connectivity index (χ3n) is 5.70. The number of amides is 1. The Morgan fingerprint density at radius 3 is 2.42 bits per heavy atom. The van der Waals surface area contributed by atoms with Crippen LogP contribution in [0, 0.1) is 6.92 Å². The fourth-order valence-electron chi connectivity index (χ4n) is 3.84. The number of anilines is 2. The highest BCUT2D eigenvalue weighted by Crippen LogP contribution is 2.31. The Bertz CT molecular complexity index is 1070. The van der Waals surface area contributed by atoms with Gasteiger partial charge in [-0.3, -0.25) is 4.79 Å². The first-order valence-electron chi connectivity index (χ1n) is 10.6. The van der Waals surface area contributed by atoms with Gasteiger partial charge in [-0.15, -0.1) is 11.3 Å². The minimum atomic E-state index is -0.463. The van der Waals surface area contributed by atoms with Gasteiger partial charge in [0.05, 0.1) is 0 Å². The summed E-state index contributed by atoms with van der Waals surface area (Å²) in [6, 6.07) is 15.7. The smallest absolute Gasteiger partial charge is 0.349 e. The molecule has 2 heterocycles. The Morgan fingerprint density at radius 1 is 1.03 bits per heavy atom. The maximum absolute atomic E-state index is 12.5. The van der Waals surface area contributed by atoms with E-state index in [1.165, 1.54) is 11.3 Å². The lowest BCUT2D eigenvalue weighted by atomic mass is 10.1. The second-order valence-corrected chi connectivity index (χ2v) is 8.70. The largest absolute Gasteiger partial charge is 0.451 e. The molecule has 1 saturated heterocycles. The Balaban J connectivity index is 1.29. The molecule has 0 saturated carbocycles. The van der Waals surface area contributed by atoms with Crippen molar-refractivity contribution >= 4 is 44.7 Å². The second kappa shape index (κ2) is 9.49. The van der Waals surface area contributed by atoms with E-state index in [1.54, 1.807) is 0 Å². The maximum Gasteiger partial charge on any atom is 0.349 e. The molecule has 0 aliphatic carbocycles. The Labute approximate surface area is 186 Å². The number of ether oxygens (including phenoxy) is 1. The number of benzene rings is 2. The molecule has 1 aliphatic rings. The first kappa shape index (κ1) is 21.3. The van der Waals surface area contributed by atoms with Crippen LogP contribution in [0.1, 0.15) is 22.2 Å². The molecule has 1 aromatic heterocycles. The quantitative estimate of drug-likeness (QED) is 0.587. The molecule has 31 heavy (non-hydrogen) atoms. The number of rotatable bonds is 6. The number of carbonyl (C=O) groups excluding carboxylic acids is 2. The van der Waals surface area contributed by atoms with Crippen LogP contribution >= 0.6 is 11.3 Å². The van der Waals surface area contributed by atoms with E-state index in [-0.39, 0.29) is 12.5 Å². The summed E-state index contributed by atoms with van der Waals surface area (Å²) in [7, 11) is 0. The first-order chi connectivity index (χ1) is 15.0. The van der Waals surface area contributed by atoms with Crippen LogP contribution in [0.2, 0.25) is 0 Å². The maximum atomic E-state index is 12.5. The first-order valence-corrected chi connectivity index (χ1v) is 11.4. The van der Waals surface area contributed by atoms with Gasteiger partial charge in [-0.05, 0) is 54.8 Å². The van der Waals surface area contributed by atoms with Gasteiger partial charge < -0.3 is 19.9 Å². The number of esters is 1. The van der Waals surface area contributed by atoms with E-state index in [0.29, 0.717) is 10.6 Å². The van der Waals surface area contributed by atoms with Crippen LogP contribution in [0.5, 0.6) is 0 Å². The lowest BCUT2D eigenvalue weighted by molar-refractivity contribution is -0.119. The van der Waals surface area contributed by atoms with Gasteiger partial charge in [-0.2, -0.15) is 0 Å². The number of piperazine rings is 1. The molecule has 4 rings (SSSR count). The average Bonchev–Trinajstić information content (AvgIpc) is 3.15. The van der Waals surface area contributed by atoms with Crippen LogP contribution in [0.3, 0.4) is 0 Å². The van der Waals surface area contributed by atoms with Crippen molar-refractivity contribution in [1.82, 2.24) is 4.90 Å². The highest BCUT2D eigenvalue weighted by molar-refractivity contribution is 7.21. The number of nitrogens with one attached hydrogen (secondary N) is 1. The van der Waals surface area contributed by atoms with Gasteiger partial charge >= 0.3 is 5.97 Å². The number of thiophene rings is 1. The zero-order valence-electron chi connectivity index (χ0n) is 17.9. The summed E-state index contributed by atoms with van der Waals surface area (Å²) in [6.45, 7) is 9.02. The summed E-state index contributed by atoms with van der Waals surface area (Å²) in [5.41, 5.74) is 2.73. The molecule has 162 valence electrons. The van der Waals surface area contributed by atoms with Crippen molar-refractivity contribution in [2.45, 2.75) is 13.8 Å².